The first-order valence-electron chi connectivity index (χ1n) is 9.21. The number of esters is 1. The van der Waals surface area contributed by atoms with Gasteiger partial charge in [-0.15, -0.1) is 0 Å². The molecule has 0 unspecified atom stereocenters. The van der Waals surface area contributed by atoms with Crippen molar-refractivity contribution < 1.29 is 19.1 Å². The van der Waals surface area contributed by atoms with Crippen LogP contribution >= 0.6 is 0 Å². The van der Waals surface area contributed by atoms with E-state index in [4.69, 9.17) is 9.47 Å². The highest BCUT2D eigenvalue weighted by Crippen LogP contribution is 2.27. The van der Waals surface area contributed by atoms with Gasteiger partial charge in [-0.2, -0.15) is 0 Å². The van der Waals surface area contributed by atoms with Crippen LogP contribution in [0.1, 0.15) is 54.6 Å². The molecule has 1 amide bonds. The van der Waals surface area contributed by atoms with Gasteiger partial charge in [-0.05, 0) is 54.7 Å². The van der Waals surface area contributed by atoms with Crippen molar-refractivity contribution in [2.45, 2.75) is 40.0 Å². The Morgan fingerprint density at radius 3 is 2.41 bits per heavy atom. The Bertz CT molecular complexity index is 781. The van der Waals surface area contributed by atoms with E-state index in [2.05, 4.69) is 19.2 Å². The van der Waals surface area contributed by atoms with Crippen LogP contribution in [0.4, 0.5) is 5.69 Å². The lowest BCUT2D eigenvalue weighted by atomic mass is 9.98. The summed E-state index contributed by atoms with van der Waals surface area (Å²) >= 11 is 0. The van der Waals surface area contributed by atoms with Gasteiger partial charge in [0.15, 0.2) is 6.61 Å². The van der Waals surface area contributed by atoms with Gasteiger partial charge in [0.2, 0.25) is 0 Å². The molecule has 0 aromatic heterocycles. The minimum Gasteiger partial charge on any atom is -0.494 e. The lowest BCUT2D eigenvalue weighted by Gasteiger charge is -2.16. The van der Waals surface area contributed by atoms with Gasteiger partial charge in [0.05, 0.1) is 12.2 Å². The van der Waals surface area contributed by atoms with Crippen molar-refractivity contribution in [3.05, 3.63) is 59.2 Å². The number of aryl methyl sites for hydroxylation is 1. The normalized spacial score (nSPS) is 10.6. The zero-order chi connectivity index (χ0) is 19.8. The van der Waals surface area contributed by atoms with Gasteiger partial charge in [-0.25, -0.2) is 4.79 Å². The first-order chi connectivity index (χ1) is 12.9. The van der Waals surface area contributed by atoms with Crippen molar-refractivity contribution in [2.24, 2.45) is 0 Å². The highest BCUT2D eigenvalue weighted by atomic mass is 16.5. The van der Waals surface area contributed by atoms with Gasteiger partial charge in [0.25, 0.3) is 5.91 Å². The average Bonchev–Trinajstić information content (AvgIpc) is 2.66. The quantitative estimate of drug-likeness (QED) is 0.685. The Balaban J connectivity index is 1.93. The number of carbonyl (C=O) groups excluding carboxylic acids is 2. The van der Waals surface area contributed by atoms with E-state index in [1.165, 1.54) is 0 Å². The summed E-state index contributed by atoms with van der Waals surface area (Å²) in [5.41, 5.74) is 3.19. The molecule has 27 heavy (non-hydrogen) atoms. The molecule has 0 radical (unpaired) electrons. The smallest absolute Gasteiger partial charge is 0.338 e. The second-order valence-electron chi connectivity index (χ2n) is 6.69. The summed E-state index contributed by atoms with van der Waals surface area (Å²) in [6.07, 6.45) is 0.915. The molecule has 0 aliphatic heterocycles. The maximum absolute atomic E-state index is 12.2. The van der Waals surface area contributed by atoms with Gasteiger partial charge in [-0.3, -0.25) is 4.79 Å². The Hall–Kier alpha value is -2.82. The second-order valence-corrected chi connectivity index (χ2v) is 6.69. The first-order valence-corrected chi connectivity index (χ1v) is 9.21. The molecule has 1 N–H and O–H groups in total. The van der Waals surface area contributed by atoms with Crippen molar-refractivity contribution >= 4 is 17.6 Å². The van der Waals surface area contributed by atoms with Crippen LogP contribution in [0.2, 0.25) is 0 Å². The fraction of sp³-hybridized carbons (Fsp3) is 0.364. The number of hydrogen-bond acceptors (Lipinski definition) is 4. The molecule has 0 aliphatic carbocycles. The SMILES string of the molecule is CCCOc1ccc(C(=O)OCC(=O)Nc2c(C)cccc2C(C)C)cc1. The Morgan fingerprint density at radius 1 is 1.07 bits per heavy atom. The van der Waals surface area contributed by atoms with Gasteiger partial charge in [-0.1, -0.05) is 39.0 Å². The van der Waals surface area contributed by atoms with Crippen molar-refractivity contribution in [2.75, 3.05) is 18.5 Å². The van der Waals surface area contributed by atoms with Crippen LogP contribution in [-0.2, 0) is 9.53 Å². The summed E-state index contributed by atoms with van der Waals surface area (Å²) < 4.78 is 10.6. The number of benzene rings is 2. The zero-order valence-electron chi connectivity index (χ0n) is 16.4. The molecule has 0 fully saturated rings. The molecule has 2 aromatic rings. The predicted octanol–water partition coefficient (Wildman–Crippen LogP) is 4.70. The van der Waals surface area contributed by atoms with Crippen LogP contribution in [-0.4, -0.2) is 25.1 Å². The predicted molar refractivity (Wildman–Crippen MR) is 106 cm³/mol. The van der Waals surface area contributed by atoms with Crippen LogP contribution in [0.25, 0.3) is 0 Å². The number of carbonyl (C=O) groups is 2. The largest absolute Gasteiger partial charge is 0.494 e. The molecule has 2 aromatic carbocycles. The molecule has 0 heterocycles. The van der Waals surface area contributed by atoms with E-state index in [0.29, 0.717) is 17.9 Å². The fourth-order valence-electron chi connectivity index (χ4n) is 2.64. The van der Waals surface area contributed by atoms with Gasteiger partial charge >= 0.3 is 5.97 Å². The lowest BCUT2D eigenvalue weighted by molar-refractivity contribution is -0.119. The van der Waals surface area contributed by atoms with Crippen molar-refractivity contribution in [3.63, 3.8) is 0 Å². The van der Waals surface area contributed by atoms with Gasteiger partial charge in [0.1, 0.15) is 5.75 Å². The highest BCUT2D eigenvalue weighted by molar-refractivity contribution is 5.96. The summed E-state index contributed by atoms with van der Waals surface area (Å²) in [7, 11) is 0. The van der Waals surface area contributed by atoms with Crippen LogP contribution < -0.4 is 10.1 Å². The van der Waals surface area contributed by atoms with E-state index in [1.54, 1.807) is 24.3 Å². The molecule has 2 rings (SSSR count). The Kier molecular flexibility index (Phi) is 7.41. The molecule has 0 spiro atoms. The molecule has 0 aliphatic rings. The third-order valence-corrected chi connectivity index (χ3v) is 4.09. The van der Waals surface area contributed by atoms with E-state index >= 15 is 0 Å². The van der Waals surface area contributed by atoms with Gasteiger partial charge < -0.3 is 14.8 Å². The standard InChI is InChI=1S/C22H27NO4/c1-5-13-26-18-11-9-17(10-12-18)22(25)27-14-20(24)23-21-16(4)7-6-8-19(21)15(2)3/h6-12,15H,5,13-14H2,1-4H3,(H,23,24). The lowest BCUT2D eigenvalue weighted by Crippen LogP contribution is -2.22. The van der Waals surface area contributed by atoms with E-state index in [0.717, 1.165) is 23.2 Å². The van der Waals surface area contributed by atoms with E-state index in [9.17, 15) is 9.59 Å². The third-order valence-electron chi connectivity index (χ3n) is 4.09. The van der Waals surface area contributed by atoms with E-state index < -0.39 is 5.97 Å². The summed E-state index contributed by atoms with van der Waals surface area (Å²) in [5.74, 6) is 0.0756. The van der Waals surface area contributed by atoms with E-state index in [1.807, 2.05) is 32.0 Å². The summed E-state index contributed by atoms with van der Waals surface area (Å²) in [6.45, 7) is 8.39. The maximum Gasteiger partial charge on any atom is 0.338 e. The molecular weight excluding hydrogens is 342 g/mol. The molecule has 0 bridgehead atoms. The van der Waals surface area contributed by atoms with Crippen molar-refractivity contribution in [1.29, 1.82) is 0 Å². The molecule has 144 valence electrons. The molecule has 0 atom stereocenters. The number of anilines is 1. The molecule has 5 nitrogen and oxygen atoms in total. The summed E-state index contributed by atoms with van der Waals surface area (Å²) in [6, 6.07) is 12.6. The number of nitrogens with one attached hydrogen (secondary N) is 1. The maximum atomic E-state index is 12.2. The van der Waals surface area contributed by atoms with Crippen LogP contribution in [0.5, 0.6) is 5.75 Å². The van der Waals surface area contributed by atoms with Crippen LogP contribution in [0.3, 0.4) is 0 Å². The Labute approximate surface area is 160 Å². The molecule has 5 heteroatoms. The highest BCUT2D eigenvalue weighted by Gasteiger charge is 2.14. The topological polar surface area (TPSA) is 64.6 Å². The summed E-state index contributed by atoms with van der Waals surface area (Å²) in [5, 5.41) is 2.86. The van der Waals surface area contributed by atoms with Crippen molar-refractivity contribution in [3.8, 4) is 5.75 Å². The Morgan fingerprint density at radius 2 is 1.78 bits per heavy atom. The van der Waals surface area contributed by atoms with E-state index in [-0.39, 0.29) is 18.4 Å². The number of hydrogen-bond donors (Lipinski definition) is 1. The van der Waals surface area contributed by atoms with Gasteiger partial charge in [0, 0.05) is 5.69 Å². The number of para-hydroxylation sites is 1. The third kappa shape index (κ3) is 5.84. The van der Waals surface area contributed by atoms with Crippen LogP contribution in [0.15, 0.2) is 42.5 Å². The minimum absolute atomic E-state index is 0.274. The molecule has 0 saturated carbocycles. The first kappa shape index (κ1) is 20.5. The average molecular weight is 369 g/mol. The number of ether oxygens (including phenoxy) is 2. The van der Waals surface area contributed by atoms with Crippen LogP contribution in [0, 0.1) is 6.92 Å². The fourth-order valence-corrected chi connectivity index (χ4v) is 2.64. The minimum atomic E-state index is -0.541. The summed E-state index contributed by atoms with van der Waals surface area (Å²) in [4.78, 5) is 24.4. The zero-order valence-corrected chi connectivity index (χ0v) is 16.4. The number of amides is 1. The molecule has 0 saturated heterocycles. The number of rotatable bonds is 8. The van der Waals surface area contributed by atoms with Crippen molar-refractivity contribution in [1.82, 2.24) is 0 Å². The second kappa shape index (κ2) is 9.76. The molecular formula is C22H27NO4. The monoisotopic (exact) mass is 369 g/mol.